The summed E-state index contributed by atoms with van der Waals surface area (Å²) in [7, 11) is 0. The van der Waals surface area contributed by atoms with Gasteiger partial charge in [0.05, 0.1) is 18.0 Å². The van der Waals surface area contributed by atoms with Crippen molar-refractivity contribution in [3.63, 3.8) is 0 Å². The number of hydrogen-bond acceptors (Lipinski definition) is 5. The van der Waals surface area contributed by atoms with Gasteiger partial charge in [-0.1, -0.05) is 6.92 Å². The number of anilines is 1. The molecule has 2 aliphatic heterocycles. The van der Waals surface area contributed by atoms with E-state index in [9.17, 15) is 14.4 Å². The first-order chi connectivity index (χ1) is 11.6. The van der Waals surface area contributed by atoms with Crippen LogP contribution in [0.4, 0.5) is 5.69 Å². The van der Waals surface area contributed by atoms with Gasteiger partial charge in [0.1, 0.15) is 5.75 Å². The molecule has 1 aromatic rings. The number of benzene rings is 1. The van der Waals surface area contributed by atoms with Crippen molar-refractivity contribution >= 4 is 35.0 Å². The molecule has 0 atom stereocenters. The Balaban J connectivity index is 1.83. The number of hydrogen-bond donors (Lipinski definition) is 0. The molecule has 0 saturated carbocycles. The van der Waals surface area contributed by atoms with Crippen LogP contribution < -0.4 is 9.64 Å². The molecule has 24 heavy (non-hydrogen) atoms. The van der Waals surface area contributed by atoms with Crippen molar-refractivity contribution in [1.29, 1.82) is 0 Å². The second kappa shape index (κ2) is 7.09. The monoisotopic (exact) mass is 346 g/mol. The molecule has 0 N–H and O–H groups in total. The van der Waals surface area contributed by atoms with Gasteiger partial charge in [0.2, 0.25) is 5.91 Å². The largest absolute Gasteiger partial charge is 0.482 e. The molecule has 0 bridgehead atoms. The van der Waals surface area contributed by atoms with E-state index in [0.717, 1.165) is 6.42 Å². The van der Waals surface area contributed by atoms with E-state index in [1.165, 1.54) is 16.7 Å². The Morgan fingerprint density at radius 2 is 2.12 bits per heavy atom. The van der Waals surface area contributed by atoms with Crippen molar-refractivity contribution in [2.24, 2.45) is 0 Å². The second-order valence-electron chi connectivity index (χ2n) is 5.56. The quantitative estimate of drug-likeness (QED) is 0.764. The summed E-state index contributed by atoms with van der Waals surface area (Å²) in [6.07, 6.45) is 2.44. The van der Waals surface area contributed by atoms with Crippen molar-refractivity contribution in [3.05, 3.63) is 35.4 Å². The number of amides is 2. The van der Waals surface area contributed by atoms with E-state index in [-0.39, 0.29) is 30.7 Å². The Kier molecular flexibility index (Phi) is 4.89. The summed E-state index contributed by atoms with van der Waals surface area (Å²) in [4.78, 5) is 39.4. The van der Waals surface area contributed by atoms with Crippen LogP contribution in [0.15, 0.2) is 29.8 Å². The molecule has 0 saturated heterocycles. The lowest BCUT2D eigenvalue weighted by Crippen LogP contribution is -2.39. The number of ether oxygens (including phenoxy) is 1. The smallest absolute Gasteiger partial charge is 0.265 e. The fourth-order valence-electron chi connectivity index (χ4n) is 2.63. The molecule has 0 fully saturated rings. The highest BCUT2D eigenvalue weighted by molar-refractivity contribution is 8.02. The van der Waals surface area contributed by atoms with Crippen LogP contribution in [0.25, 0.3) is 0 Å². The van der Waals surface area contributed by atoms with Crippen LogP contribution in [-0.4, -0.2) is 47.9 Å². The van der Waals surface area contributed by atoms with Crippen LogP contribution in [-0.2, 0) is 9.59 Å². The van der Waals surface area contributed by atoms with Crippen LogP contribution in [0.2, 0.25) is 0 Å². The molecule has 6 nitrogen and oxygen atoms in total. The minimum absolute atomic E-state index is 0.00272. The third kappa shape index (κ3) is 3.31. The highest BCUT2D eigenvalue weighted by Gasteiger charge is 2.26. The third-order valence-corrected chi connectivity index (χ3v) is 4.58. The molecule has 2 heterocycles. The van der Waals surface area contributed by atoms with Crippen molar-refractivity contribution in [3.8, 4) is 5.75 Å². The van der Waals surface area contributed by atoms with E-state index in [1.807, 2.05) is 6.92 Å². The first-order valence-corrected chi connectivity index (χ1v) is 8.83. The predicted molar refractivity (Wildman–Crippen MR) is 92.2 cm³/mol. The fraction of sp³-hybridized carbons (Fsp3) is 0.353. The minimum Gasteiger partial charge on any atom is -0.482 e. The van der Waals surface area contributed by atoms with Crippen molar-refractivity contribution < 1.29 is 19.1 Å². The van der Waals surface area contributed by atoms with Crippen LogP contribution in [0.1, 0.15) is 23.7 Å². The van der Waals surface area contributed by atoms with Gasteiger partial charge in [-0.05, 0) is 30.0 Å². The Morgan fingerprint density at radius 1 is 1.29 bits per heavy atom. The summed E-state index contributed by atoms with van der Waals surface area (Å²) in [5.41, 5.74) is 1.09. The van der Waals surface area contributed by atoms with Gasteiger partial charge in [-0.2, -0.15) is 0 Å². The summed E-state index contributed by atoms with van der Waals surface area (Å²) in [6, 6.07) is 5.06. The van der Waals surface area contributed by atoms with Gasteiger partial charge in [-0.15, -0.1) is 11.8 Å². The highest BCUT2D eigenvalue weighted by atomic mass is 32.2. The van der Waals surface area contributed by atoms with Crippen LogP contribution in [0, 0.1) is 0 Å². The lowest BCUT2D eigenvalue weighted by atomic mass is 10.1. The van der Waals surface area contributed by atoms with Gasteiger partial charge in [-0.3, -0.25) is 14.4 Å². The number of nitrogens with zero attached hydrogens (tertiary/aromatic N) is 2. The molecule has 126 valence electrons. The normalized spacial score (nSPS) is 16.9. The summed E-state index contributed by atoms with van der Waals surface area (Å²) in [5, 5.41) is 1.80. The van der Waals surface area contributed by atoms with Crippen molar-refractivity contribution in [2.75, 3.05) is 30.3 Å². The molecular weight excluding hydrogens is 328 g/mol. The topological polar surface area (TPSA) is 66.9 Å². The van der Waals surface area contributed by atoms with Crippen LogP contribution in [0.3, 0.4) is 0 Å². The summed E-state index contributed by atoms with van der Waals surface area (Å²) < 4.78 is 5.43. The maximum Gasteiger partial charge on any atom is 0.265 e. The molecular formula is C17H18N2O4S. The minimum atomic E-state index is -0.169. The van der Waals surface area contributed by atoms with Crippen molar-refractivity contribution in [2.45, 2.75) is 13.3 Å². The summed E-state index contributed by atoms with van der Waals surface area (Å²) in [5.74, 6) is 0.586. The molecule has 7 heteroatoms. The molecule has 2 aliphatic rings. The summed E-state index contributed by atoms with van der Waals surface area (Å²) >= 11 is 1.41. The average Bonchev–Trinajstić information content (AvgIpc) is 2.59. The van der Waals surface area contributed by atoms with E-state index in [2.05, 4.69) is 0 Å². The number of ketones is 1. The Morgan fingerprint density at radius 3 is 2.88 bits per heavy atom. The SMILES string of the molecule is CCCN1C(=O)COc2ccc(C(=O)CN3C=CSCC3=O)cc21. The molecule has 0 aromatic heterocycles. The average molecular weight is 346 g/mol. The number of thioether (sulfide) groups is 1. The molecule has 0 spiro atoms. The van der Waals surface area contributed by atoms with Gasteiger partial charge < -0.3 is 14.5 Å². The lowest BCUT2D eigenvalue weighted by molar-refractivity contribution is -0.125. The van der Waals surface area contributed by atoms with E-state index in [4.69, 9.17) is 4.74 Å². The molecule has 2 amide bonds. The van der Waals surface area contributed by atoms with E-state index in [1.54, 1.807) is 34.7 Å². The van der Waals surface area contributed by atoms with Crippen LogP contribution in [0.5, 0.6) is 5.75 Å². The molecule has 0 radical (unpaired) electrons. The van der Waals surface area contributed by atoms with Gasteiger partial charge in [0, 0.05) is 18.3 Å². The molecule has 0 unspecified atom stereocenters. The zero-order chi connectivity index (χ0) is 17.1. The lowest BCUT2D eigenvalue weighted by Gasteiger charge is -2.29. The fourth-order valence-corrected chi connectivity index (χ4v) is 3.27. The Bertz CT molecular complexity index is 717. The molecule has 0 aliphatic carbocycles. The van der Waals surface area contributed by atoms with E-state index in [0.29, 0.717) is 29.3 Å². The number of carbonyl (C=O) groups excluding carboxylic acids is 3. The Labute approximate surface area is 144 Å². The second-order valence-corrected chi connectivity index (χ2v) is 6.45. The van der Waals surface area contributed by atoms with Gasteiger partial charge in [0.25, 0.3) is 5.91 Å². The first kappa shape index (κ1) is 16.6. The van der Waals surface area contributed by atoms with Gasteiger partial charge in [0.15, 0.2) is 12.4 Å². The number of rotatable bonds is 5. The van der Waals surface area contributed by atoms with E-state index >= 15 is 0 Å². The number of carbonyl (C=O) groups is 3. The van der Waals surface area contributed by atoms with E-state index < -0.39 is 0 Å². The number of Topliss-reactive ketones (excluding diaryl/α,β-unsaturated/α-hetero) is 1. The van der Waals surface area contributed by atoms with Gasteiger partial charge in [-0.25, -0.2) is 0 Å². The Hall–Kier alpha value is -2.28. The summed E-state index contributed by atoms with van der Waals surface area (Å²) in [6.45, 7) is 2.59. The number of fused-ring (bicyclic) bond motifs is 1. The van der Waals surface area contributed by atoms with Crippen LogP contribution >= 0.6 is 11.8 Å². The first-order valence-electron chi connectivity index (χ1n) is 7.78. The zero-order valence-electron chi connectivity index (χ0n) is 13.4. The molecule has 1 aromatic carbocycles. The maximum atomic E-state index is 12.5. The standard InChI is InChI=1S/C17H18N2O4S/c1-2-5-19-13-8-12(3-4-15(13)23-10-16(19)21)14(20)9-18-6-7-24-11-17(18)22/h3-4,6-8H,2,5,9-11H2,1H3. The zero-order valence-corrected chi connectivity index (χ0v) is 14.2. The van der Waals surface area contributed by atoms with Crippen molar-refractivity contribution in [1.82, 2.24) is 4.90 Å². The maximum absolute atomic E-state index is 12.5. The highest BCUT2D eigenvalue weighted by Crippen LogP contribution is 2.33. The predicted octanol–water partition coefficient (Wildman–Crippen LogP) is 2.05. The van der Waals surface area contributed by atoms with Gasteiger partial charge >= 0.3 is 0 Å². The molecule has 3 rings (SSSR count). The third-order valence-electron chi connectivity index (χ3n) is 3.85.